The van der Waals surface area contributed by atoms with Crippen molar-refractivity contribution in [1.29, 1.82) is 0 Å². The monoisotopic (exact) mass is 392 g/mol. The Morgan fingerprint density at radius 1 is 0.733 bits per heavy atom. The van der Waals surface area contributed by atoms with Crippen LogP contribution in [0.25, 0.3) is 0 Å². The Bertz CT molecular complexity index is 1070. The van der Waals surface area contributed by atoms with Gasteiger partial charge in [-0.05, 0) is 54.1 Å². The lowest BCUT2D eigenvalue weighted by atomic mass is 9.88. The van der Waals surface area contributed by atoms with Crippen molar-refractivity contribution in [3.8, 4) is 0 Å². The lowest BCUT2D eigenvalue weighted by Gasteiger charge is -2.22. The third-order valence-electron chi connectivity index (χ3n) is 4.88. The van der Waals surface area contributed by atoms with E-state index in [2.05, 4.69) is 33.5 Å². The van der Waals surface area contributed by atoms with Crippen LogP contribution in [0.5, 0.6) is 0 Å². The van der Waals surface area contributed by atoms with Gasteiger partial charge in [0, 0.05) is 35.8 Å². The zero-order chi connectivity index (χ0) is 20.6. The van der Waals surface area contributed by atoms with Crippen LogP contribution in [-0.2, 0) is 0 Å². The van der Waals surface area contributed by atoms with E-state index in [0.717, 1.165) is 22.8 Å². The normalized spacial score (nSPS) is 18.6. The van der Waals surface area contributed by atoms with Gasteiger partial charge in [0.2, 0.25) is 0 Å². The van der Waals surface area contributed by atoms with E-state index in [4.69, 9.17) is 5.73 Å². The highest BCUT2D eigenvalue weighted by atomic mass is 14.9. The van der Waals surface area contributed by atoms with Gasteiger partial charge in [0.05, 0.1) is 11.4 Å². The van der Waals surface area contributed by atoms with Crippen LogP contribution in [0.15, 0.2) is 119 Å². The third kappa shape index (κ3) is 5.19. The molecule has 3 aromatic rings. The predicted molar refractivity (Wildman–Crippen MR) is 127 cm³/mol. The fourth-order valence-electron chi connectivity index (χ4n) is 3.32. The number of benzene rings is 3. The molecule has 0 saturated heterocycles. The van der Waals surface area contributed by atoms with Crippen molar-refractivity contribution in [2.75, 3.05) is 5.32 Å². The first-order valence-electron chi connectivity index (χ1n) is 9.97. The first-order chi connectivity index (χ1) is 14.8. The summed E-state index contributed by atoms with van der Waals surface area (Å²) in [5.41, 5.74) is 11.3. The number of nitrogens with one attached hydrogen (secondary N) is 1. The zero-order valence-corrected chi connectivity index (χ0v) is 16.6. The van der Waals surface area contributed by atoms with Gasteiger partial charge in [0.25, 0.3) is 0 Å². The van der Waals surface area contributed by atoms with Crippen LogP contribution in [0.2, 0.25) is 0 Å². The molecule has 2 unspecified atom stereocenters. The molecular weight excluding hydrogens is 368 g/mol. The summed E-state index contributed by atoms with van der Waals surface area (Å²) in [6, 6.07) is 28.3. The number of para-hydroxylation sites is 1. The van der Waals surface area contributed by atoms with E-state index in [-0.39, 0.29) is 12.0 Å². The summed E-state index contributed by atoms with van der Waals surface area (Å²) in [5.74, 6) is 0.130. The Hall–Kier alpha value is -3.76. The van der Waals surface area contributed by atoms with Crippen LogP contribution in [0.4, 0.5) is 17.1 Å². The minimum atomic E-state index is -0.0389. The van der Waals surface area contributed by atoms with Crippen LogP contribution < -0.4 is 11.1 Å². The molecule has 4 rings (SSSR count). The van der Waals surface area contributed by atoms with E-state index in [1.54, 1.807) is 12.4 Å². The van der Waals surface area contributed by atoms with E-state index in [1.165, 1.54) is 5.56 Å². The molecule has 0 radical (unpaired) electrons. The highest BCUT2D eigenvalue weighted by Gasteiger charge is 2.18. The zero-order valence-electron chi connectivity index (χ0n) is 16.6. The van der Waals surface area contributed by atoms with E-state index < -0.39 is 0 Å². The Morgan fingerprint density at radius 3 is 2.10 bits per heavy atom. The average molecular weight is 393 g/mol. The number of nitrogens with two attached hydrogens (primary N) is 1. The van der Waals surface area contributed by atoms with Crippen molar-refractivity contribution in [2.45, 2.75) is 12.0 Å². The standard InChI is InChI=1S/C26H24N4/c27-26-16-15-24(19-25(26)20-7-3-1-4-8-20)29-18-17-28-21-11-13-23(14-12-21)30-22-9-5-2-6-10-22/h1-19,25-26,30H,27H2. The molecule has 0 fully saturated rings. The van der Waals surface area contributed by atoms with Gasteiger partial charge >= 0.3 is 0 Å². The van der Waals surface area contributed by atoms with Crippen molar-refractivity contribution < 1.29 is 0 Å². The van der Waals surface area contributed by atoms with Crippen LogP contribution in [0.3, 0.4) is 0 Å². The highest BCUT2D eigenvalue weighted by molar-refractivity contribution is 6.17. The second kappa shape index (κ2) is 9.63. The highest BCUT2D eigenvalue weighted by Crippen LogP contribution is 2.26. The van der Waals surface area contributed by atoms with Crippen molar-refractivity contribution >= 4 is 29.5 Å². The second-order valence-corrected chi connectivity index (χ2v) is 7.06. The molecule has 4 heteroatoms. The fraction of sp³-hybridized carbons (Fsp3) is 0.0769. The molecule has 0 aliphatic heterocycles. The van der Waals surface area contributed by atoms with Crippen molar-refractivity contribution in [1.82, 2.24) is 0 Å². The SMILES string of the molecule is NC1C=CC(N=CC=Nc2ccc(Nc3ccccc3)cc2)=CC1c1ccccc1. The average Bonchev–Trinajstić information content (AvgIpc) is 2.80. The molecule has 0 heterocycles. The molecule has 0 saturated carbocycles. The first kappa shape index (κ1) is 19.6. The number of nitrogens with zero attached hydrogens (tertiary/aromatic N) is 2. The fourth-order valence-corrected chi connectivity index (χ4v) is 3.32. The molecule has 4 nitrogen and oxygen atoms in total. The molecular formula is C26H24N4. The van der Waals surface area contributed by atoms with E-state index >= 15 is 0 Å². The van der Waals surface area contributed by atoms with Gasteiger partial charge in [0.1, 0.15) is 0 Å². The van der Waals surface area contributed by atoms with Crippen LogP contribution in [-0.4, -0.2) is 18.5 Å². The number of allylic oxidation sites excluding steroid dienone is 1. The Labute approximate surface area is 177 Å². The van der Waals surface area contributed by atoms with Gasteiger partial charge in [-0.1, -0.05) is 54.6 Å². The Kier molecular flexibility index (Phi) is 6.28. The molecule has 148 valence electrons. The second-order valence-electron chi connectivity index (χ2n) is 7.06. The molecule has 1 aliphatic rings. The molecule has 0 aromatic heterocycles. The summed E-state index contributed by atoms with van der Waals surface area (Å²) >= 11 is 0. The molecule has 0 bridgehead atoms. The minimum absolute atomic E-state index is 0.0389. The molecule has 3 N–H and O–H groups in total. The number of aliphatic imine (C=N–C) groups is 2. The molecule has 0 amide bonds. The minimum Gasteiger partial charge on any atom is -0.356 e. The van der Waals surface area contributed by atoms with Gasteiger partial charge < -0.3 is 11.1 Å². The van der Waals surface area contributed by atoms with Crippen molar-refractivity contribution in [2.24, 2.45) is 15.7 Å². The van der Waals surface area contributed by atoms with Crippen LogP contribution >= 0.6 is 0 Å². The number of hydrogen-bond donors (Lipinski definition) is 2. The Morgan fingerprint density at radius 2 is 1.37 bits per heavy atom. The summed E-state index contributed by atoms with van der Waals surface area (Å²) in [6.45, 7) is 0. The summed E-state index contributed by atoms with van der Waals surface area (Å²) in [4.78, 5) is 8.97. The maximum Gasteiger partial charge on any atom is 0.0631 e. The maximum atomic E-state index is 6.25. The van der Waals surface area contributed by atoms with Crippen LogP contribution in [0, 0.1) is 0 Å². The van der Waals surface area contributed by atoms with Crippen molar-refractivity contribution in [3.05, 3.63) is 114 Å². The maximum absolute atomic E-state index is 6.25. The predicted octanol–water partition coefficient (Wildman–Crippen LogP) is 5.77. The number of anilines is 2. The quantitative estimate of drug-likeness (QED) is 0.523. The number of hydrogen-bond acceptors (Lipinski definition) is 4. The Balaban J connectivity index is 1.37. The molecule has 30 heavy (non-hydrogen) atoms. The van der Waals surface area contributed by atoms with Crippen molar-refractivity contribution in [3.63, 3.8) is 0 Å². The third-order valence-corrected chi connectivity index (χ3v) is 4.88. The topological polar surface area (TPSA) is 62.8 Å². The molecule has 3 aromatic carbocycles. The van der Waals surface area contributed by atoms with Gasteiger partial charge in [-0.15, -0.1) is 0 Å². The summed E-state index contributed by atoms with van der Waals surface area (Å²) in [6.07, 6.45) is 9.48. The van der Waals surface area contributed by atoms with Gasteiger partial charge in [0.15, 0.2) is 0 Å². The van der Waals surface area contributed by atoms with E-state index in [1.807, 2.05) is 84.9 Å². The summed E-state index contributed by atoms with van der Waals surface area (Å²) < 4.78 is 0. The lowest BCUT2D eigenvalue weighted by Crippen LogP contribution is -2.26. The van der Waals surface area contributed by atoms with Gasteiger partial charge in [-0.3, -0.25) is 9.98 Å². The van der Waals surface area contributed by atoms with E-state index in [9.17, 15) is 0 Å². The van der Waals surface area contributed by atoms with Gasteiger partial charge in [-0.25, -0.2) is 0 Å². The molecule has 0 spiro atoms. The summed E-state index contributed by atoms with van der Waals surface area (Å²) in [5, 5.41) is 3.36. The lowest BCUT2D eigenvalue weighted by molar-refractivity contribution is 0.707. The molecule has 2 atom stereocenters. The summed E-state index contributed by atoms with van der Waals surface area (Å²) in [7, 11) is 0. The van der Waals surface area contributed by atoms with Gasteiger partial charge in [-0.2, -0.15) is 0 Å². The van der Waals surface area contributed by atoms with Crippen LogP contribution in [0.1, 0.15) is 11.5 Å². The first-order valence-corrected chi connectivity index (χ1v) is 9.97. The smallest absolute Gasteiger partial charge is 0.0631 e. The number of rotatable bonds is 6. The molecule has 1 aliphatic carbocycles. The largest absolute Gasteiger partial charge is 0.356 e. The van der Waals surface area contributed by atoms with E-state index in [0.29, 0.717) is 0 Å².